The standard InChI is InChI=1S/C23H21Cl2NO5S/c24-21-14(2-6-20(27)26-9-7-15(8-10-26)23(28)29)1-5-19(22(21)25)32-16-3-4-17-18(13-16)31-12-11-30-17/h1-6,13,15H,7-12H2,(H,28,29)/b6-2+. The van der Waals surface area contributed by atoms with E-state index in [0.717, 1.165) is 15.5 Å². The number of halogens is 2. The Bertz CT molecular complexity index is 1070. The van der Waals surface area contributed by atoms with Crippen LogP contribution in [-0.2, 0) is 9.59 Å². The van der Waals surface area contributed by atoms with E-state index in [4.69, 9.17) is 37.8 Å². The van der Waals surface area contributed by atoms with Crippen LogP contribution in [0.4, 0.5) is 0 Å². The normalized spacial score (nSPS) is 16.4. The summed E-state index contributed by atoms with van der Waals surface area (Å²) in [7, 11) is 0. The van der Waals surface area contributed by atoms with Gasteiger partial charge in [-0.25, -0.2) is 0 Å². The van der Waals surface area contributed by atoms with Gasteiger partial charge in [0, 0.05) is 29.0 Å². The first kappa shape index (κ1) is 22.8. The van der Waals surface area contributed by atoms with Gasteiger partial charge in [0.05, 0.1) is 16.0 Å². The van der Waals surface area contributed by atoms with Gasteiger partial charge in [-0.05, 0) is 48.7 Å². The van der Waals surface area contributed by atoms with E-state index in [-0.39, 0.29) is 11.8 Å². The van der Waals surface area contributed by atoms with Gasteiger partial charge in [0.25, 0.3) is 0 Å². The van der Waals surface area contributed by atoms with Crippen molar-refractivity contribution in [2.45, 2.75) is 22.6 Å². The number of hydrogen-bond donors (Lipinski definition) is 1. The van der Waals surface area contributed by atoms with Crippen LogP contribution in [0.5, 0.6) is 11.5 Å². The molecule has 2 heterocycles. The third-order valence-corrected chi connectivity index (χ3v) is 7.44. The molecule has 0 aromatic heterocycles. The molecule has 1 saturated heterocycles. The number of carboxylic acids is 1. The molecule has 0 unspecified atom stereocenters. The predicted octanol–water partition coefficient (Wildman–Crippen LogP) is 5.25. The molecule has 2 aliphatic heterocycles. The number of carboxylic acid groups (broad SMARTS) is 1. The molecule has 0 saturated carbocycles. The Morgan fingerprint density at radius 2 is 1.75 bits per heavy atom. The van der Waals surface area contributed by atoms with Gasteiger partial charge in [-0.1, -0.05) is 41.0 Å². The molecule has 168 valence electrons. The second kappa shape index (κ2) is 10.1. The van der Waals surface area contributed by atoms with Gasteiger partial charge in [0.2, 0.25) is 5.91 Å². The highest BCUT2D eigenvalue weighted by atomic mass is 35.5. The second-order valence-corrected chi connectivity index (χ2v) is 9.33. The smallest absolute Gasteiger partial charge is 0.306 e. The van der Waals surface area contributed by atoms with Crippen LogP contribution in [0, 0.1) is 5.92 Å². The highest BCUT2D eigenvalue weighted by Gasteiger charge is 2.26. The monoisotopic (exact) mass is 493 g/mol. The lowest BCUT2D eigenvalue weighted by Gasteiger charge is -2.29. The van der Waals surface area contributed by atoms with Crippen molar-refractivity contribution in [1.82, 2.24) is 4.90 Å². The van der Waals surface area contributed by atoms with Crippen LogP contribution < -0.4 is 9.47 Å². The first-order valence-corrected chi connectivity index (χ1v) is 11.7. The third kappa shape index (κ3) is 5.17. The average molecular weight is 494 g/mol. The molecule has 0 bridgehead atoms. The molecule has 9 heteroatoms. The Labute approximate surface area is 200 Å². The minimum Gasteiger partial charge on any atom is -0.486 e. The first-order valence-electron chi connectivity index (χ1n) is 10.2. The number of fused-ring (bicyclic) bond motifs is 1. The van der Waals surface area contributed by atoms with E-state index in [0.29, 0.717) is 60.5 Å². The molecule has 1 N–H and O–H groups in total. The maximum Gasteiger partial charge on any atom is 0.306 e. The van der Waals surface area contributed by atoms with Crippen molar-refractivity contribution in [1.29, 1.82) is 0 Å². The lowest BCUT2D eigenvalue weighted by Crippen LogP contribution is -2.39. The molecular weight excluding hydrogens is 473 g/mol. The van der Waals surface area contributed by atoms with Gasteiger partial charge >= 0.3 is 5.97 Å². The van der Waals surface area contributed by atoms with E-state index in [1.807, 2.05) is 30.3 Å². The summed E-state index contributed by atoms with van der Waals surface area (Å²) in [6, 6.07) is 9.38. The van der Waals surface area contributed by atoms with E-state index < -0.39 is 5.97 Å². The summed E-state index contributed by atoms with van der Waals surface area (Å²) in [6.45, 7) is 1.92. The molecule has 0 aliphatic carbocycles. The molecule has 1 amide bonds. The zero-order valence-corrected chi connectivity index (χ0v) is 19.4. The minimum atomic E-state index is -0.803. The molecule has 0 radical (unpaired) electrons. The molecule has 0 spiro atoms. The Kier molecular flexibility index (Phi) is 7.18. The van der Waals surface area contributed by atoms with Crippen molar-refractivity contribution in [3.8, 4) is 11.5 Å². The van der Waals surface area contributed by atoms with Crippen LogP contribution >= 0.6 is 35.0 Å². The van der Waals surface area contributed by atoms with Gasteiger partial charge in [0.15, 0.2) is 11.5 Å². The zero-order chi connectivity index (χ0) is 22.7. The predicted molar refractivity (Wildman–Crippen MR) is 124 cm³/mol. The highest BCUT2D eigenvalue weighted by molar-refractivity contribution is 7.99. The van der Waals surface area contributed by atoms with E-state index in [2.05, 4.69) is 0 Å². The first-order chi connectivity index (χ1) is 15.4. The third-order valence-electron chi connectivity index (χ3n) is 5.38. The van der Waals surface area contributed by atoms with Crippen molar-refractivity contribution in [3.05, 3.63) is 52.0 Å². The quantitative estimate of drug-likeness (QED) is 0.573. The number of aliphatic carboxylic acids is 1. The number of benzene rings is 2. The Hall–Kier alpha value is -2.35. The molecule has 4 rings (SSSR count). The molecule has 2 aromatic carbocycles. The molecule has 0 atom stereocenters. The molecular formula is C23H21Cl2NO5S. The van der Waals surface area contributed by atoms with Crippen molar-refractivity contribution in [2.75, 3.05) is 26.3 Å². The summed E-state index contributed by atoms with van der Waals surface area (Å²) in [5.41, 5.74) is 0.636. The van der Waals surface area contributed by atoms with Gasteiger partial charge in [0.1, 0.15) is 13.2 Å². The number of hydrogen-bond acceptors (Lipinski definition) is 5. The van der Waals surface area contributed by atoms with E-state index in [1.54, 1.807) is 11.0 Å². The minimum absolute atomic E-state index is 0.171. The number of carbonyl (C=O) groups excluding carboxylic acids is 1. The number of nitrogens with zero attached hydrogens (tertiary/aromatic N) is 1. The number of likely N-dealkylation sites (tertiary alicyclic amines) is 1. The Balaban J connectivity index is 1.42. The van der Waals surface area contributed by atoms with Crippen molar-refractivity contribution in [2.24, 2.45) is 5.92 Å². The molecule has 2 aliphatic rings. The number of carbonyl (C=O) groups is 2. The molecule has 6 nitrogen and oxygen atoms in total. The molecule has 32 heavy (non-hydrogen) atoms. The second-order valence-electron chi connectivity index (χ2n) is 7.46. The van der Waals surface area contributed by atoms with Crippen molar-refractivity contribution >= 4 is 52.9 Å². The SMILES string of the molecule is O=C(O)C1CCN(C(=O)/C=C/c2ccc(Sc3ccc4c(c3)OCCO4)c(Cl)c2Cl)CC1. The summed E-state index contributed by atoms with van der Waals surface area (Å²) >= 11 is 14.4. The van der Waals surface area contributed by atoms with Crippen LogP contribution in [0.2, 0.25) is 10.0 Å². The molecule has 1 fully saturated rings. The van der Waals surface area contributed by atoms with Crippen LogP contribution in [0.1, 0.15) is 18.4 Å². The van der Waals surface area contributed by atoms with Crippen LogP contribution in [0.3, 0.4) is 0 Å². The van der Waals surface area contributed by atoms with Gasteiger partial charge in [-0.3, -0.25) is 9.59 Å². The number of ether oxygens (including phenoxy) is 2. The number of rotatable bonds is 5. The number of piperidine rings is 1. The van der Waals surface area contributed by atoms with Gasteiger partial charge in [-0.15, -0.1) is 0 Å². The lowest BCUT2D eigenvalue weighted by molar-refractivity contribution is -0.144. The lowest BCUT2D eigenvalue weighted by atomic mass is 9.97. The van der Waals surface area contributed by atoms with Crippen molar-refractivity contribution in [3.63, 3.8) is 0 Å². The van der Waals surface area contributed by atoms with E-state index in [1.165, 1.54) is 17.8 Å². The van der Waals surface area contributed by atoms with Crippen LogP contribution in [-0.4, -0.2) is 48.2 Å². The average Bonchev–Trinajstić information content (AvgIpc) is 2.81. The largest absolute Gasteiger partial charge is 0.486 e. The summed E-state index contributed by atoms with van der Waals surface area (Å²) in [5, 5.41) is 9.85. The summed E-state index contributed by atoms with van der Waals surface area (Å²) in [5.74, 6) is 0.0746. The maximum atomic E-state index is 12.5. The zero-order valence-electron chi connectivity index (χ0n) is 17.1. The fourth-order valence-electron chi connectivity index (χ4n) is 3.58. The Morgan fingerprint density at radius 3 is 2.47 bits per heavy atom. The maximum absolute atomic E-state index is 12.5. The Morgan fingerprint density at radius 1 is 1.03 bits per heavy atom. The number of amides is 1. The summed E-state index contributed by atoms with van der Waals surface area (Å²) in [4.78, 5) is 26.9. The highest BCUT2D eigenvalue weighted by Crippen LogP contribution is 2.42. The fourth-order valence-corrected chi connectivity index (χ4v) is 5.04. The topological polar surface area (TPSA) is 76.1 Å². The van der Waals surface area contributed by atoms with Gasteiger partial charge in [-0.2, -0.15) is 0 Å². The van der Waals surface area contributed by atoms with E-state index >= 15 is 0 Å². The van der Waals surface area contributed by atoms with Crippen LogP contribution in [0.25, 0.3) is 6.08 Å². The van der Waals surface area contributed by atoms with Crippen molar-refractivity contribution < 1.29 is 24.2 Å². The fraction of sp³-hybridized carbons (Fsp3) is 0.304. The van der Waals surface area contributed by atoms with Gasteiger partial charge < -0.3 is 19.5 Å². The summed E-state index contributed by atoms with van der Waals surface area (Å²) in [6.07, 6.45) is 4.02. The van der Waals surface area contributed by atoms with Crippen LogP contribution in [0.15, 0.2) is 46.2 Å². The summed E-state index contributed by atoms with van der Waals surface area (Å²) < 4.78 is 11.2. The molecule has 2 aromatic rings. The van der Waals surface area contributed by atoms with E-state index in [9.17, 15) is 9.59 Å².